The fraction of sp³-hybridized carbons (Fsp3) is 0.400. The molecule has 1 fully saturated rings. The minimum absolute atomic E-state index is 0.0130. The molecule has 1 amide bonds. The third-order valence-electron chi connectivity index (χ3n) is 7.62. The third kappa shape index (κ3) is 6.01. The minimum Gasteiger partial charge on any atom is -0.348 e. The molecule has 2 heterocycles. The largest absolute Gasteiger partial charge is 0.419 e. The number of likely N-dealkylation sites (tertiary alicyclic amines) is 1. The van der Waals surface area contributed by atoms with Crippen LogP contribution in [0.25, 0.3) is 0 Å². The maximum Gasteiger partial charge on any atom is 0.419 e. The van der Waals surface area contributed by atoms with E-state index in [0.29, 0.717) is 41.6 Å². The molecule has 7 nitrogen and oxygen atoms in total. The number of likely N-dealkylation sites (N-methyl/N-ethyl adjacent to an activating group) is 1. The summed E-state index contributed by atoms with van der Waals surface area (Å²) in [5, 5.41) is 6.15. The van der Waals surface area contributed by atoms with E-state index in [2.05, 4.69) is 25.5 Å². The molecule has 1 aliphatic heterocycles. The van der Waals surface area contributed by atoms with Gasteiger partial charge in [0.25, 0.3) is 5.91 Å². The van der Waals surface area contributed by atoms with Crippen LogP contribution in [0.4, 0.5) is 24.8 Å². The van der Waals surface area contributed by atoms with Gasteiger partial charge in [0.05, 0.1) is 11.3 Å². The molecule has 2 aliphatic rings. The predicted octanol–water partition coefficient (Wildman–Crippen LogP) is 5.35. The van der Waals surface area contributed by atoms with Crippen LogP contribution in [0.5, 0.6) is 0 Å². The minimum atomic E-state index is -4.65. The number of aryl methyl sites for hydroxylation is 2. The van der Waals surface area contributed by atoms with Gasteiger partial charge in [0.2, 0.25) is 5.95 Å². The number of nitrogens with one attached hydrogen (secondary N) is 2. The number of benzene rings is 2. The SMILES string of the molecule is CCc1cc(C(=O)NC2CCCN(C)C2)ccc1Nc1ncc(C(F)(F)F)c(Cc2cccc3c2C(=O)CC3)n1. The molecule has 2 N–H and O–H groups in total. The average Bonchev–Trinajstić information content (AvgIpc) is 3.30. The fourth-order valence-electron chi connectivity index (χ4n) is 5.59. The zero-order valence-electron chi connectivity index (χ0n) is 22.6. The standard InChI is InChI=1S/C30H32F3N5O2/c1-3-18-14-21(28(40)35-22-8-5-13-38(2)17-22)9-11-24(18)36-29-34-16-23(30(31,32)33)25(37-29)15-20-7-4-6-19-10-12-26(39)27(19)20/h4,6-7,9,11,14,16,22H,3,5,8,10,12-13,15,17H2,1-2H3,(H,35,40)(H,34,36,37). The van der Waals surface area contributed by atoms with Crippen LogP contribution >= 0.6 is 0 Å². The maximum absolute atomic E-state index is 13.9. The van der Waals surface area contributed by atoms with Crippen LogP contribution < -0.4 is 10.6 Å². The number of alkyl halides is 3. The Bertz CT molecular complexity index is 1440. The van der Waals surface area contributed by atoms with Gasteiger partial charge in [0, 0.05) is 48.4 Å². The van der Waals surface area contributed by atoms with Crippen molar-refractivity contribution in [3.8, 4) is 0 Å². The van der Waals surface area contributed by atoms with Crippen LogP contribution in [0.15, 0.2) is 42.6 Å². The van der Waals surface area contributed by atoms with E-state index >= 15 is 0 Å². The molecule has 1 unspecified atom stereocenters. The summed E-state index contributed by atoms with van der Waals surface area (Å²) >= 11 is 0. The van der Waals surface area contributed by atoms with Crippen molar-refractivity contribution in [3.05, 3.63) is 81.7 Å². The van der Waals surface area contributed by atoms with Gasteiger partial charge in [-0.25, -0.2) is 9.97 Å². The topological polar surface area (TPSA) is 87.2 Å². The summed E-state index contributed by atoms with van der Waals surface area (Å²) in [6, 6.07) is 10.6. The van der Waals surface area contributed by atoms with Crippen LogP contribution in [0, 0.1) is 0 Å². The molecule has 1 aliphatic carbocycles. The summed E-state index contributed by atoms with van der Waals surface area (Å²) in [4.78, 5) is 35.8. The molecule has 0 spiro atoms. The smallest absolute Gasteiger partial charge is 0.348 e. The Balaban J connectivity index is 1.39. The maximum atomic E-state index is 13.9. The summed E-state index contributed by atoms with van der Waals surface area (Å²) in [7, 11) is 2.04. The number of piperidine rings is 1. The number of halogens is 3. The first-order chi connectivity index (χ1) is 19.1. The normalized spacial score (nSPS) is 17.5. The van der Waals surface area contributed by atoms with E-state index in [0.717, 1.165) is 43.3 Å². The molecule has 5 rings (SSSR count). The molecule has 0 saturated carbocycles. The van der Waals surface area contributed by atoms with E-state index in [1.807, 2.05) is 20.0 Å². The summed E-state index contributed by atoms with van der Waals surface area (Å²) in [6.07, 6.45) is -0.501. The van der Waals surface area contributed by atoms with E-state index in [1.165, 1.54) is 0 Å². The van der Waals surface area contributed by atoms with Crippen LogP contribution in [0.3, 0.4) is 0 Å². The highest BCUT2D eigenvalue weighted by Crippen LogP contribution is 2.34. The van der Waals surface area contributed by atoms with E-state index in [-0.39, 0.29) is 35.8 Å². The van der Waals surface area contributed by atoms with Crippen LogP contribution in [0.1, 0.15) is 74.8 Å². The Labute approximate surface area is 231 Å². The second-order valence-electron chi connectivity index (χ2n) is 10.5. The molecule has 210 valence electrons. The fourth-order valence-corrected chi connectivity index (χ4v) is 5.59. The van der Waals surface area contributed by atoms with Gasteiger partial charge in [0.1, 0.15) is 0 Å². The van der Waals surface area contributed by atoms with Crippen molar-refractivity contribution in [1.82, 2.24) is 20.2 Å². The number of hydrogen-bond donors (Lipinski definition) is 2. The van der Waals surface area contributed by atoms with Crippen LogP contribution in [-0.2, 0) is 25.4 Å². The van der Waals surface area contributed by atoms with Crippen molar-refractivity contribution in [2.75, 3.05) is 25.5 Å². The van der Waals surface area contributed by atoms with Crippen LogP contribution in [-0.4, -0.2) is 52.7 Å². The summed E-state index contributed by atoms with van der Waals surface area (Å²) in [5.41, 5.74) is 2.70. The molecule has 1 atom stereocenters. The molecule has 0 radical (unpaired) electrons. The van der Waals surface area contributed by atoms with E-state index in [4.69, 9.17) is 0 Å². The summed E-state index contributed by atoms with van der Waals surface area (Å²) in [5.74, 6) is -0.197. The molecule has 3 aromatic rings. The van der Waals surface area contributed by atoms with E-state index < -0.39 is 11.7 Å². The van der Waals surface area contributed by atoms with Gasteiger partial charge in [-0.3, -0.25) is 9.59 Å². The molecule has 1 aromatic heterocycles. The number of hydrogen-bond acceptors (Lipinski definition) is 6. The molecule has 0 bridgehead atoms. The number of nitrogens with zero attached hydrogens (tertiary/aromatic N) is 3. The van der Waals surface area contributed by atoms with Gasteiger partial charge < -0.3 is 15.5 Å². The molecule has 1 saturated heterocycles. The van der Waals surface area contributed by atoms with Gasteiger partial charge >= 0.3 is 6.18 Å². The number of ketones is 1. The Kier molecular flexibility index (Phi) is 7.89. The van der Waals surface area contributed by atoms with E-state index in [1.54, 1.807) is 30.3 Å². The van der Waals surface area contributed by atoms with E-state index in [9.17, 15) is 22.8 Å². The molecule has 40 heavy (non-hydrogen) atoms. The Morgan fingerprint density at radius 3 is 2.73 bits per heavy atom. The number of carbonyl (C=O) groups is 2. The summed E-state index contributed by atoms with van der Waals surface area (Å²) in [6.45, 7) is 3.76. The second-order valence-corrected chi connectivity index (χ2v) is 10.5. The lowest BCUT2D eigenvalue weighted by atomic mass is 9.97. The lowest BCUT2D eigenvalue weighted by molar-refractivity contribution is -0.138. The first kappa shape index (κ1) is 27.8. The molecular formula is C30H32F3N5O2. The zero-order valence-corrected chi connectivity index (χ0v) is 22.6. The molecular weight excluding hydrogens is 519 g/mol. The van der Waals surface area contributed by atoms with Crippen molar-refractivity contribution in [2.24, 2.45) is 0 Å². The van der Waals surface area contributed by atoms with Crippen molar-refractivity contribution in [2.45, 2.75) is 57.7 Å². The number of anilines is 2. The van der Waals surface area contributed by atoms with Gasteiger partial charge in [-0.05, 0) is 74.2 Å². The highest BCUT2D eigenvalue weighted by Gasteiger charge is 2.35. The molecule has 10 heteroatoms. The number of aromatic nitrogens is 2. The first-order valence-electron chi connectivity index (χ1n) is 13.6. The Morgan fingerprint density at radius 2 is 1.98 bits per heavy atom. The zero-order chi connectivity index (χ0) is 28.4. The van der Waals surface area contributed by atoms with Gasteiger partial charge in [0.15, 0.2) is 5.78 Å². The monoisotopic (exact) mass is 551 g/mol. The number of carbonyl (C=O) groups excluding carboxylic acids is 2. The highest BCUT2D eigenvalue weighted by molar-refractivity contribution is 6.01. The number of Topliss-reactive ketones (excluding diaryl/α,β-unsaturated/α-hetero) is 1. The van der Waals surface area contributed by atoms with Crippen LogP contribution in [0.2, 0.25) is 0 Å². The van der Waals surface area contributed by atoms with Gasteiger partial charge in [-0.2, -0.15) is 13.2 Å². The Morgan fingerprint density at radius 1 is 1.15 bits per heavy atom. The first-order valence-corrected chi connectivity index (χ1v) is 13.6. The number of fused-ring (bicyclic) bond motifs is 1. The quantitative estimate of drug-likeness (QED) is 0.412. The Hall–Kier alpha value is -3.79. The van der Waals surface area contributed by atoms with Crippen molar-refractivity contribution >= 4 is 23.3 Å². The van der Waals surface area contributed by atoms with Crippen molar-refractivity contribution < 1.29 is 22.8 Å². The van der Waals surface area contributed by atoms with Gasteiger partial charge in [-0.1, -0.05) is 25.1 Å². The highest BCUT2D eigenvalue weighted by atomic mass is 19.4. The van der Waals surface area contributed by atoms with Crippen molar-refractivity contribution in [3.63, 3.8) is 0 Å². The number of amides is 1. The lowest BCUT2D eigenvalue weighted by Gasteiger charge is -2.30. The van der Waals surface area contributed by atoms with Gasteiger partial charge in [-0.15, -0.1) is 0 Å². The summed E-state index contributed by atoms with van der Waals surface area (Å²) < 4.78 is 41.6. The third-order valence-corrected chi connectivity index (χ3v) is 7.62. The average molecular weight is 552 g/mol. The number of rotatable bonds is 7. The predicted molar refractivity (Wildman–Crippen MR) is 146 cm³/mol. The lowest BCUT2D eigenvalue weighted by Crippen LogP contribution is -2.46. The van der Waals surface area contributed by atoms with Crippen molar-refractivity contribution in [1.29, 1.82) is 0 Å². The molecule has 2 aromatic carbocycles. The second kappa shape index (κ2) is 11.4.